The third-order valence-electron chi connectivity index (χ3n) is 7.70. The van der Waals surface area contributed by atoms with Crippen LogP contribution in [0.25, 0.3) is 0 Å². The molecule has 0 saturated heterocycles. The summed E-state index contributed by atoms with van der Waals surface area (Å²) in [7, 11) is 0. The lowest BCUT2D eigenvalue weighted by Crippen LogP contribution is -2.53. The van der Waals surface area contributed by atoms with E-state index in [4.69, 9.17) is 0 Å². The van der Waals surface area contributed by atoms with Gasteiger partial charge in [-0.2, -0.15) is 5.26 Å². The predicted molar refractivity (Wildman–Crippen MR) is 91.9 cm³/mol. The zero-order valence-electron chi connectivity index (χ0n) is 14.6. The fourth-order valence-electron chi connectivity index (χ4n) is 6.53. The van der Waals surface area contributed by atoms with Crippen molar-refractivity contribution in [3.63, 3.8) is 0 Å². The quantitative estimate of drug-likeness (QED) is 0.778. The van der Waals surface area contributed by atoms with Crippen molar-refractivity contribution in [1.82, 2.24) is 0 Å². The van der Waals surface area contributed by atoms with Crippen LogP contribution in [0.3, 0.4) is 0 Å². The van der Waals surface area contributed by atoms with Crippen LogP contribution in [0.5, 0.6) is 0 Å². The molecule has 1 unspecified atom stereocenters. The lowest BCUT2D eigenvalue weighted by molar-refractivity contribution is -0.119. The van der Waals surface area contributed by atoms with Crippen molar-refractivity contribution in [3.05, 3.63) is 23.3 Å². The van der Waals surface area contributed by atoms with E-state index in [-0.39, 0.29) is 11.8 Å². The summed E-state index contributed by atoms with van der Waals surface area (Å²) in [6, 6.07) is 2.22. The first kappa shape index (κ1) is 16.1. The minimum atomic E-state index is -0.955. The number of hydrogen-bond acceptors (Lipinski definition) is 3. The maximum atomic E-state index is 11.8. The van der Waals surface area contributed by atoms with Crippen LogP contribution in [0.2, 0.25) is 0 Å². The Hall–Kier alpha value is -1.40. The van der Waals surface area contributed by atoms with Crippen molar-refractivity contribution in [2.75, 3.05) is 0 Å². The molecule has 0 aliphatic heterocycles. The van der Waals surface area contributed by atoms with Gasteiger partial charge in [-0.1, -0.05) is 30.2 Å². The van der Waals surface area contributed by atoms with Gasteiger partial charge in [0.15, 0.2) is 0 Å². The number of fused-ring (bicyclic) bond motifs is 4. The van der Waals surface area contributed by atoms with E-state index in [0.717, 1.165) is 44.9 Å². The maximum absolute atomic E-state index is 11.8. The standard InChI is InChI=1S/C21H27NO2/c1-2-20-9-7-17-16-6-4-15(23)13-14(16)3-5-18(17)19(20)8-10-21(20,24)11-12-22/h8,10,17-19,24H,2-7,9,11,13H2,1H3/t17-,18-,19+,20?,21-/m1/s1. The van der Waals surface area contributed by atoms with Gasteiger partial charge < -0.3 is 5.11 Å². The molecule has 0 heterocycles. The van der Waals surface area contributed by atoms with Gasteiger partial charge in [-0.25, -0.2) is 0 Å². The molecule has 3 nitrogen and oxygen atoms in total. The molecule has 1 N–H and O–H groups in total. The van der Waals surface area contributed by atoms with Crippen LogP contribution in [0, 0.1) is 34.5 Å². The molecule has 0 bridgehead atoms. The van der Waals surface area contributed by atoms with E-state index in [0.29, 0.717) is 30.0 Å². The highest BCUT2D eigenvalue weighted by Gasteiger charge is 2.60. The molecule has 128 valence electrons. The summed E-state index contributed by atoms with van der Waals surface area (Å²) in [5, 5.41) is 20.4. The number of carbonyl (C=O) groups is 1. The number of Topliss-reactive ketones (excluding diaryl/α,β-unsaturated/α-hetero) is 1. The zero-order valence-corrected chi connectivity index (χ0v) is 14.6. The normalized spacial score (nSPS) is 43.9. The molecular weight excluding hydrogens is 298 g/mol. The van der Waals surface area contributed by atoms with Gasteiger partial charge >= 0.3 is 0 Å². The number of aliphatic hydroxyl groups is 1. The maximum Gasteiger partial charge on any atom is 0.137 e. The Bertz CT molecular complexity index is 670. The lowest BCUT2D eigenvalue weighted by Gasteiger charge is -2.55. The number of carbonyl (C=O) groups excluding carboxylic acids is 1. The Morgan fingerprint density at radius 2 is 2.17 bits per heavy atom. The summed E-state index contributed by atoms with van der Waals surface area (Å²) in [6.45, 7) is 2.18. The van der Waals surface area contributed by atoms with Crippen molar-refractivity contribution in [1.29, 1.82) is 5.26 Å². The predicted octanol–water partition coefficient (Wildman–Crippen LogP) is 4.08. The second-order valence-electron chi connectivity index (χ2n) is 8.35. The van der Waals surface area contributed by atoms with Gasteiger partial charge in [0.05, 0.1) is 12.5 Å². The van der Waals surface area contributed by atoms with Crippen LogP contribution in [0.4, 0.5) is 0 Å². The third-order valence-corrected chi connectivity index (χ3v) is 7.70. The summed E-state index contributed by atoms with van der Waals surface area (Å²) < 4.78 is 0. The Morgan fingerprint density at radius 3 is 2.92 bits per heavy atom. The molecule has 0 amide bonds. The van der Waals surface area contributed by atoms with Gasteiger partial charge in [-0.05, 0) is 56.3 Å². The minimum Gasteiger partial charge on any atom is -0.384 e. The zero-order chi connectivity index (χ0) is 16.9. The van der Waals surface area contributed by atoms with Gasteiger partial charge in [0, 0.05) is 18.3 Å². The van der Waals surface area contributed by atoms with Crippen molar-refractivity contribution in [3.8, 4) is 6.07 Å². The van der Waals surface area contributed by atoms with E-state index in [2.05, 4.69) is 19.1 Å². The molecule has 0 radical (unpaired) electrons. The van der Waals surface area contributed by atoms with Crippen molar-refractivity contribution >= 4 is 5.78 Å². The smallest absolute Gasteiger partial charge is 0.137 e. The average molecular weight is 325 g/mol. The topological polar surface area (TPSA) is 61.1 Å². The summed E-state index contributed by atoms with van der Waals surface area (Å²) in [6.07, 6.45) is 12.0. The Labute approximate surface area is 144 Å². The molecule has 0 aromatic rings. The number of allylic oxidation sites excluding steroid dienone is 3. The molecule has 4 aliphatic rings. The van der Waals surface area contributed by atoms with Crippen molar-refractivity contribution in [2.45, 2.75) is 70.3 Å². The number of rotatable bonds is 2. The number of nitriles is 1. The summed E-state index contributed by atoms with van der Waals surface area (Å²) in [4.78, 5) is 11.8. The second-order valence-corrected chi connectivity index (χ2v) is 8.35. The van der Waals surface area contributed by atoms with Crippen LogP contribution in [-0.4, -0.2) is 16.5 Å². The third kappa shape index (κ3) is 2.02. The molecule has 5 atom stereocenters. The van der Waals surface area contributed by atoms with E-state index in [9.17, 15) is 15.2 Å². The largest absolute Gasteiger partial charge is 0.384 e. The van der Waals surface area contributed by atoms with Gasteiger partial charge in [0.25, 0.3) is 0 Å². The summed E-state index contributed by atoms with van der Waals surface area (Å²) in [5.74, 6) is 1.97. The van der Waals surface area contributed by atoms with Crippen LogP contribution in [0.15, 0.2) is 23.3 Å². The monoisotopic (exact) mass is 325 g/mol. The SMILES string of the molecule is CCC12CC[C@@H]3C4=C(CC[C@H]3[C@@H]1C=C[C@@]2(O)CC#N)CC(=O)CC4. The van der Waals surface area contributed by atoms with Gasteiger partial charge in [-0.3, -0.25) is 4.79 Å². The number of nitrogens with zero attached hydrogens (tertiary/aromatic N) is 1. The van der Waals surface area contributed by atoms with Gasteiger partial charge in [-0.15, -0.1) is 0 Å². The molecule has 3 heteroatoms. The fourth-order valence-corrected chi connectivity index (χ4v) is 6.53. The summed E-state index contributed by atoms with van der Waals surface area (Å²) >= 11 is 0. The molecule has 4 aliphatic carbocycles. The highest BCUT2D eigenvalue weighted by molar-refractivity contribution is 5.82. The van der Waals surface area contributed by atoms with E-state index in [1.807, 2.05) is 6.08 Å². The van der Waals surface area contributed by atoms with Gasteiger partial charge in [0.1, 0.15) is 11.4 Å². The molecule has 0 spiro atoms. The van der Waals surface area contributed by atoms with Crippen LogP contribution >= 0.6 is 0 Å². The highest BCUT2D eigenvalue weighted by atomic mass is 16.3. The van der Waals surface area contributed by atoms with E-state index >= 15 is 0 Å². The first-order valence-electron chi connectivity index (χ1n) is 9.56. The van der Waals surface area contributed by atoms with Gasteiger partial charge in [0.2, 0.25) is 0 Å². The number of hydrogen-bond donors (Lipinski definition) is 1. The van der Waals surface area contributed by atoms with Crippen LogP contribution in [-0.2, 0) is 4.79 Å². The van der Waals surface area contributed by atoms with Crippen LogP contribution < -0.4 is 0 Å². The average Bonchev–Trinajstić information content (AvgIpc) is 2.88. The first-order valence-corrected chi connectivity index (χ1v) is 9.56. The van der Waals surface area contributed by atoms with E-state index in [1.54, 1.807) is 5.57 Å². The molecule has 0 aromatic carbocycles. The van der Waals surface area contributed by atoms with Crippen LogP contribution in [0.1, 0.15) is 64.7 Å². The molecule has 1 saturated carbocycles. The molecular formula is C21H27NO2. The molecule has 1 fully saturated rings. The van der Waals surface area contributed by atoms with E-state index in [1.165, 1.54) is 5.57 Å². The number of ketones is 1. The van der Waals surface area contributed by atoms with Crippen molar-refractivity contribution in [2.24, 2.45) is 23.2 Å². The minimum absolute atomic E-state index is 0.160. The Morgan fingerprint density at radius 1 is 1.33 bits per heavy atom. The second kappa shape index (κ2) is 5.56. The Kier molecular flexibility index (Phi) is 3.73. The summed E-state index contributed by atoms with van der Waals surface area (Å²) in [5.41, 5.74) is 1.90. The molecule has 24 heavy (non-hydrogen) atoms. The Balaban J connectivity index is 1.68. The van der Waals surface area contributed by atoms with Crippen molar-refractivity contribution < 1.29 is 9.90 Å². The molecule has 0 aromatic heterocycles. The lowest BCUT2D eigenvalue weighted by atomic mass is 9.50. The van der Waals surface area contributed by atoms with E-state index < -0.39 is 5.60 Å². The highest BCUT2D eigenvalue weighted by Crippen LogP contribution is 2.63. The molecule has 4 rings (SSSR count). The fraction of sp³-hybridized carbons (Fsp3) is 0.714. The first-order chi connectivity index (χ1) is 11.5.